The van der Waals surface area contributed by atoms with Gasteiger partial charge in [-0.2, -0.15) is 0 Å². The lowest BCUT2D eigenvalue weighted by molar-refractivity contribution is -0.139. The summed E-state index contributed by atoms with van der Waals surface area (Å²) in [6.45, 7) is 3.78. The monoisotopic (exact) mass is 217 g/mol. The second-order valence-electron chi connectivity index (χ2n) is 4.34. The maximum atomic E-state index is 10.3. The number of likely N-dealkylation sites (tertiary alicyclic amines) is 1. The summed E-state index contributed by atoms with van der Waals surface area (Å²) in [7, 11) is 0. The highest BCUT2D eigenvalue weighted by Gasteiger charge is 2.25. The van der Waals surface area contributed by atoms with E-state index >= 15 is 0 Å². The molecule has 0 aromatic heterocycles. The molecule has 3 N–H and O–H groups in total. The Labute approximate surface area is 89.3 Å². The van der Waals surface area contributed by atoms with Crippen LogP contribution in [0.2, 0.25) is 0 Å². The Bertz CT molecular complexity index is 221. The van der Waals surface area contributed by atoms with Crippen LogP contribution >= 0.6 is 0 Å². The molecule has 0 amide bonds. The van der Waals surface area contributed by atoms with E-state index < -0.39 is 12.1 Å². The van der Waals surface area contributed by atoms with E-state index in [1.165, 1.54) is 0 Å². The quantitative estimate of drug-likeness (QED) is 0.593. The van der Waals surface area contributed by atoms with Crippen LogP contribution in [-0.4, -0.2) is 58.0 Å². The zero-order chi connectivity index (χ0) is 11.4. The Balaban J connectivity index is 2.30. The van der Waals surface area contributed by atoms with E-state index in [2.05, 4.69) is 0 Å². The smallest absolute Gasteiger partial charge is 0.306 e. The minimum absolute atomic E-state index is 0.191. The number of carbonyl (C=O) groups is 1. The van der Waals surface area contributed by atoms with Gasteiger partial charge in [-0.3, -0.25) is 4.79 Å². The van der Waals surface area contributed by atoms with Gasteiger partial charge in [0.15, 0.2) is 0 Å². The topological polar surface area (TPSA) is 81.0 Å². The van der Waals surface area contributed by atoms with Crippen LogP contribution < -0.4 is 0 Å². The molecule has 3 unspecified atom stereocenters. The number of hydrogen-bond donors (Lipinski definition) is 3. The van der Waals surface area contributed by atoms with E-state index in [0.29, 0.717) is 13.0 Å². The van der Waals surface area contributed by atoms with Gasteiger partial charge < -0.3 is 20.2 Å². The minimum Gasteiger partial charge on any atom is -0.481 e. The lowest BCUT2D eigenvalue weighted by atomic mass is 9.96. The molecule has 1 aliphatic rings. The predicted molar refractivity (Wildman–Crippen MR) is 54.5 cm³/mol. The van der Waals surface area contributed by atoms with Crippen molar-refractivity contribution in [2.45, 2.75) is 32.0 Å². The minimum atomic E-state index is -0.979. The first-order valence-corrected chi connectivity index (χ1v) is 5.29. The van der Waals surface area contributed by atoms with Gasteiger partial charge in [-0.05, 0) is 12.3 Å². The van der Waals surface area contributed by atoms with Crippen LogP contribution in [0.1, 0.15) is 19.8 Å². The average Bonchev–Trinajstić information content (AvgIpc) is 2.10. The number of aliphatic carboxylic acids is 1. The lowest BCUT2D eigenvalue weighted by Gasteiger charge is -2.35. The number of carboxylic acids is 1. The second kappa shape index (κ2) is 5.44. The SMILES string of the molecule is CC1CN(CC(O)CC(=O)O)CCC1O. The van der Waals surface area contributed by atoms with E-state index in [-0.39, 0.29) is 18.4 Å². The third-order valence-electron chi connectivity index (χ3n) is 2.82. The third-order valence-corrected chi connectivity index (χ3v) is 2.82. The first-order chi connectivity index (χ1) is 6.99. The Kier molecular flexibility index (Phi) is 4.50. The molecule has 5 heteroatoms. The normalized spacial score (nSPS) is 30.1. The van der Waals surface area contributed by atoms with Gasteiger partial charge in [-0.25, -0.2) is 0 Å². The van der Waals surface area contributed by atoms with E-state index in [1.54, 1.807) is 0 Å². The molecule has 88 valence electrons. The maximum Gasteiger partial charge on any atom is 0.306 e. The summed E-state index contributed by atoms with van der Waals surface area (Å²) in [6.07, 6.45) is -0.600. The van der Waals surface area contributed by atoms with Gasteiger partial charge >= 0.3 is 5.97 Å². The van der Waals surface area contributed by atoms with Crippen LogP contribution in [0.3, 0.4) is 0 Å². The van der Waals surface area contributed by atoms with Crippen molar-refractivity contribution in [1.29, 1.82) is 0 Å². The Morgan fingerprint density at radius 1 is 1.60 bits per heavy atom. The maximum absolute atomic E-state index is 10.3. The van der Waals surface area contributed by atoms with Crippen molar-refractivity contribution in [2.75, 3.05) is 19.6 Å². The predicted octanol–water partition coefficient (Wildman–Crippen LogP) is -0.475. The Hall–Kier alpha value is -0.650. The molecule has 1 aliphatic heterocycles. The van der Waals surface area contributed by atoms with Gasteiger partial charge in [0.25, 0.3) is 0 Å². The van der Waals surface area contributed by atoms with Crippen molar-refractivity contribution >= 4 is 5.97 Å². The van der Waals surface area contributed by atoms with Crippen LogP contribution in [0, 0.1) is 5.92 Å². The zero-order valence-electron chi connectivity index (χ0n) is 8.96. The molecule has 0 aliphatic carbocycles. The number of β-amino-alcohol motifs (C(OH)–C–C–N with tert-alkyl or cyclic N) is 1. The fraction of sp³-hybridized carbons (Fsp3) is 0.900. The van der Waals surface area contributed by atoms with E-state index in [4.69, 9.17) is 5.11 Å². The van der Waals surface area contributed by atoms with Crippen LogP contribution in [0.25, 0.3) is 0 Å². The number of rotatable bonds is 4. The van der Waals surface area contributed by atoms with Gasteiger partial charge in [-0.1, -0.05) is 6.92 Å². The number of aliphatic hydroxyl groups is 2. The van der Waals surface area contributed by atoms with Crippen molar-refractivity contribution in [3.8, 4) is 0 Å². The molecule has 1 heterocycles. The Morgan fingerprint density at radius 3 is 2.80 bits per heavy atom. The van der Waals surface area contributed by atoms with Crippen LogP contribution in [0.4, 0.5) is 0 Å². The summed E-state index contributed by atoms with van der Waals surface area (Å²) in [5, 5.41) is 27.4. The van der Waals surface area contributed by atoms with Gasteiger partial charge in [0.05, 0.1) is 18.6 Å². The summed E-state index contributed by atoms with van der Waals surface area (Å²) in [5.74, 6) is -0.789. The van der Waals surface area contributed by atoms with Crippen molar-refractivity contribution in [2.24, 2.45) is 5.92 Å². The van der Waals surface area contributed by atoms with Crippen LogP contribution in [0.5, 0.6) is 0 Å². The van der Waals surface area contributed by atoms with E-state index in [1.807, 2.05) is 11.8 Å². The highest BCUT2D eigenvalue weighted by Crippen LogP contribution is 2.16. The fourth-order valence-corrected chi connectivity index (χ4v) is 1.95. The van der Waals surface area contributed by atoms with Gasteiger partial charge in [0.1, 0.15) is 0 Å². The molecule has 1 saturated heterocycles. The molecule has 1 rings (SSSR count). The summed E-state index contributed by atoms with van der Waals surface area (Å²) >= 11 is 0. The third kappa shape index (κ3) is 4.15. The van der Waals surface area contributed by atoms with Crippen LogP contribution in [-0.2, 0) is 4.79 Å². The number of piperidine rings is 1. The molecular formula is C10H19NO4. The molecule has 5 nitrogen and oxygen atoms in total. The largest absolute Gasteiger partial charge is 0.481 e. The number of aliphatic hydroxyl groups excluding tert-OH is 2. The zero-order valence-corrected chi connectivity index (χ0v) is 8.96. The van der Waals surface area contributed by atoms with Crippen LogP contribution in [0.15, 0.2) is 0 Å². The molecule has 3 atom stereocenters. The van der Waals surface area contributed by atoms with Gasteiger partial charge in [0, 0.05) is 19.6 Å². The second-order valence-corrected chi connectivity index (χ2v) is 4.34. The van der Waals surface area contributed by atoms with Crippen molar-refractivity contribution in [3.05, 3.63) is 0 Å². The van der Waals surface area contributed by atoms with Crippen molar-refractivity contribution in [1.82, 2.24) is 4.90 Å². The molecule has 0 saturated carbocycles. The number of hydrogen-bond acceptors (Lipinski definition) is 4. The summed E-state index contributed by atoms with van der Waals surface area (Å²) in [4.78, 5) is 12.4. The number of carboxylic acid groups (broad SMARTS) is 1. The molecule has 1 fully saturated rings. The average molecular weight is 217 g/mol. The fourth-order valence-electron chi connectivity index (χ4n) is 1.95. The summed E-state index contributed by atoms with van der Waals surface area (Å²) in [6, 6.07) is 0. The van der Waals surface area contributed by atoms with E-state index in [9.17, 15) is 15.0 Å². The van der Waals surface area contributed by atoms with Gasteiger partial charge in [-0.15, -0.1) is 0 Å². The first kappa shape index (κ1) is 12.4. The number of nitrogens with zero attached hydrogens (tertiary/aromatic N) is 1. The molecule has 0 bridgehead atoms. The van der Waals surface area contributed by atoms with E-state index in [0.717, 1.165) is 13.1 Å². The van der Waals surface area contributed by atoms with Crippen molar-refractivity contribution < 1.29 is 20.1 Å². The Morgan fingerprint density at radius 2 is 2.27 bits per heavy atom. The van der Waals surface area contributed by atoms with Gasteiger partial charge in [0.2, 0.25) is 0 Å². The standard InChI is InChI=1S/C10H19NO4/c1-7-5-11(3-2-9(7)13)6-8(12)4-10(14)15/h7-9,12-13H,2-6H2,1H3,(H,14,15). The summed E-state index contributed by atoms with van der Waals surface area (Å²) < 4.78 is 0. The summed E-state index contributed by atoms with van der Waals surface area (Å²) in [5.41, 5.74) is 0. The molecule has 0 aromatic rings. The molecule has 0 aromatic carbocycles. The highest BCUT2D eigenvalue weighted by molar-refractivity contribution is 5.67. The highest BCUT2D eigenvalue weighted by atomic mass is 16.4. The molecular weight excluding hydrogens is 198 g/mol. The molecule has 0 spiro atoms. The lowest BCUT2D eigenvalue weighted by Crippen LogP contribution is -2.45. The van der Waals surface area contributed by atoms with Crippen molar-refractivity contribution in [3.63, 3.8) is 0 Å². The first-order valence-electron chi connectivity index (χ1n) is 5.29. The molecule has 15 heavy (non-hydrogen) atoms. The molecule has 0 radical (unpaired) electrons.